The molecule has 0 amide bonds. The highest BCUT2D eigenvalue weighted by molar-refractivity contribution is 7.75. The summed E-state index contributed by atoms with van der Waals surface area (Å²) < 4.78 is 29.1. The lowest BCUT2D eigenvalue weighted by Gasteiger charge is -2.60. The Balaban J connectivity index is 2.09. The van der Waals surface area contributed by atoms with Crippen LogP contribution in [0, 0.1) is 23.2 Å². The molecule has 0 radical (unpaired) electrons. The summed E-state index contributed by atoms with van der Waals surface area (Å²) in [5, 5.41) is 0. The third-order valence-corrected chi connectivity index (χ3v) is 7.02. The third kappa shape index (κ3) is 2.65. The van der Waals surface area contributed by atoms with E-state index in [4.69, 9.17) is 13.1 Å². The second-order valence-corrected chi connectivity index (χ2v) is 8.92. The minimum absolute atomic E-state index is 0.120. The Hall–Kier alpha value is -0.790. The van der Waals surface area contributed by atoms with Crippen LogP contribution in [0.25, 0.3) is 0 Å². The van der Waals surface area contributed by atoms with Crippen LogP contribution < -0.4 is 0 Å². The zero-order valence-electron chi connectivity index (χ0n) is 14.9. The number of ketones is 1. The molecule has 2 saturated carbocycles. The molecular formula is C17H26O6S. The average Bonchev–Trinajstić information content (AvgIpc) is 2.41. The van der Waals surface area contributed by atoms with E-state index in [0.717, 1.165) is 0 Å². The van der Waals surface area contributed by atoms with E-state index in [1.807, 2.05) is 27.7 Å². The maximum absolute atomic E-state index is 12.8. The topological polar surface area (TPSA) is 78.9 Å². The fraction of sp³-hybridized carbons (Fsp3) is 0.882. The molecule has 0 aromatic heterocycles. The number of esters is 1. The first kappa shape index (κ1) is 18.0. The molecule has 1 aliphatic heterocycles. The van der Waals surface area contributed by atoms with Crippen molar-refractivity contribution in [3.8, 4) is 0 Å². The summed E-state index contributed by atoms with van der Waals surface area (Å²) in [6.45, 7) is 9.29. The average molecular weight is 358 g/mol. The van der Waals surface area contributed by atoms with Crippen molar-refractivity contribution in [3.05, 3.63) is 0 Å². The van der Waals surface area contributed by atoms with Gasteiger partial charge in [-0.05, 0) is 25.7 Å². The molecule has 0 aromatic carbocycles. The van der Waals surface area contributed by atoms with Crippen molar-refractivity contribution in [3.63, 3.8) is 0 Å². The monoisotopic (exact) mass is 358 g/mol. The Kier molecular flexibility index (Phi) is 4.42. The van der Waals surface area contributed by atoms with Gasteiger partial charge in [-0.25, -0.2) is 0 Å². The van der Waals surface area contributed by atoms with Gasteiger partial charge >= 0.3 is 17.3 Å². The third-order valence-electron chi connectivity index (χ3n) is 6.13. The molecule has 1 saturated heterocycles. The van der Waals surface area contributed by atoms with E-state index in [0.29, 0.717) is 19.3 Å². The molecule has 7 atom stereocenters. The molecule has 0 aromatic rings. The molecule has 3 fully saturated rings. The van der Waals surface area contributed by atoms with E-state index in [-0.39, 0.29) is 29.5 Å². The predicted octanol–water partition coefficient (Wildman–Crippen LogP) is 2.33. The minimum Gasteiger partial charge on any atom is -0.462 e. The SMILES string of the molecule is CC(=O)O[C@H]1C[C@@]2(C)C(=O)CC[C@]3(C)OS(=O)O[C@H]([C@@H]1C(C)C)[C@H]23. The Bertz CT molecular complexity index is 590. The lowest BCUT2D eigenvalue weighted by molar-refractivity contribution is -0.219. The molecule has 24 heavy (non-hydrogen) atoms. The largest absolute Gasteiger partial charge is 0.462 e. The molecular weight excluding hydrogens is 332 g/mol. The van der Waals surface area contributed by atoms with Crippen LogP contribution in [0.3, 0.4) is 0 Å². The van der Waals surface area contributed by atoms with Crippen LogP contribution in [0.4, 0.5) is 0 Å². The lowest BCUT2D eigenvalue weighted by atomic mass is 9.50. The number of hydrogen-bond donors (Lipinski definition) is 0. The van der Waals surface area contributed by atoms with Crippen molar-refractivity contribution in [2.45, 2.75) is 71.7 Å². The van der Waals surface area contributed by atoms with Gasteiger partial charge in [0, 0.05) is 30.6 Å². The van der Waals surface area contributed by atoms with Gasteiger partial charge in [0.15, 0.2) is 0 Å². The van der Waals surface area contributed by atoms with E-state index in [9.17, 15) is 13.8 Å². The summed E-state index contributed by atoms with van der Waals surface area (Å²) in [5.41, 5.74) is -1.36. The van der Waals surface area contributed by atoms with E-state index in [1.54, 1.807) is 0 Å². The van der Waals surface area contributed by atoms with Crippen LogP contribution in [0.5, 0.6) is 0 Å². The van der Waals surface area contributed by atoms with Gasteiger partial charge in [0.2, 0.25) is 0 Å². The van der Waals surface area contributed by atoms with Gasteiger partial charge in [0.1, 0.15) is 11.9 Å². The van der Waals surface area contributed by atoms with Gasteiger partial charge in [-0.15, -0.1) is 0 Å². The first-order chi connectivity index (χ1) is 11.1. The van der Waals surface area contributed by atoms with Gasteiger partial charge in [-0.1, -0.05) is 20.8 Å². The Morgan fingerprint density at radius 2 is 2.04 bits per heavy atom. The Morgan fingerprint density at radius 1 is 1.38 bits per heavy atom. The summed E-state index contributed by atoms with van der Waals surface area (Å²) in [4.78, 5) is 24.4. The number of hydrogen-bond acceptors (Lipinski definition) is 6. The smallest absolute Gasteiger partial charge is 0.305 e. The second-order valence-electron chi connectivity index (χ2n) is 8.15. The van der Waals surface area contributed by atoms with Crippen LogP contribution in [-0.2, 0) is 34.1 Å². The first-order valence-corrected chi connectivity index (χ1v) is 9.57. The zero-order chi connectivity index (χ0) is 17.9. The van der Waals surface area contributed by atoms with Crippen LogP contribution in [0.15, 0.2) is 0 Å². The molecule has 0 bridgehead atoms. The van der Waals surface area contributed by atoms with Crippen molar-refractivity contribution >= 4 is 23.1 Å². The summed E-state index contributed by atoms with van der Waals surface area (Å²) in [7, 11) is 0. The predicted molar refractivity (Wildman–Crippen MR) is 86.8 cm³/mol. The van der Waals surface area contributed by atoms with Crippen molar-refractivity contribution < 1.29 is 26.9 Å². The molecule has 3 rings (SSSR count). The van der Waals surface area contributed by atoms with Gasteiger partial charge < -0.3 is 4.74 Å². The fourth-order valence-electron chi connectivity index (χ4n) is 5.21. The van der Waals surface area contributed by atoms with Crippen molar-refractivity contribution in [1.29, 1.82) is 0 Å². The van der Waals surface area contributed by atoms with Gasteiger partial charge in [0.25, 0.3) is 0 Å². The molecule has 136 valence electrons. The summed E-state index contributed by atoms with van der Waals surface area (Å²) in [6, 6.07) is 0. The molecule has 3 aliphatic rings. The van der Waals surface area contributed by atoms with Crippen molar-refractivity contribution in [2.24, 2.45) is 23.2 Å². The van der Waals surface area contributed by atoms with Crippen LogP contribution in [-0.4, -0.2) is 33.8 Å². The second kappa shape index (κ2) is 5.88. The number of Topliss-reactive ketones (excluding diaryl/α,β-unsaturated/α-hetero) is 1. The molecule has 1 heterocycles. The van der Waals surface area contributed by atoms with E-state index < -0.39 is 34.6 Å². The van der Waals surface area contributed by atoms with Gasteiger partial charge in [-0.2, -0.15) is 4.21 Å². The van der Waals surface area contributed by atoms with E-state index in [1.165, 1.54) is 6.92 Å². The molecule has 0 N–H and O–H groups in total. The lowest BCUT2D eigenvalue weighted by Crippen LogP contribution is -2.69. The number of ether oxygens (including phenoxy) is 1. The highest BCUT2D eigenvalue weighted by Crippen LogP contribution is 2.59. The van der Waals surface area contributed by atoms with Gasteiger partial charge in [0.05, 0.1) is 11.7 Å². The maximum Gasteiger partial charge on any atom is 0.305 e. The zero-order valence-corrected chi connectivity index (χ0v) is 15.7. The molecule has 7 heteroatoms. The number of rotatable bonds is 2. The van der Waals surface area contributed by atoms with Gasteiger partial charge in [-0.3, -0.25) is 18.0 Å². The fourth-order valence-corrected chi connectivity index (χ4v) is 6.17. The van der Waals surface area contributed by atoms with Crippen molar-refractivity contribution in [1.82, 2.24) is 0 Å². The Morgan fingerprint density at radius 3 is 2.62 bits per heavy atom. The highest BCUT2D eigenvalue weighted by Gasteiger charge is 2.67. The molecule has 1 unspecified atom stereocenters. The van der Waals surface area contributed by atoms with E-state index in [2.05, 4.69) is 0 Å². The standard InChI is InChI=1S/C17H26O6S/c1-9(2)13-11(21-10(3)18)8-16(4)12(19)6-7-17(5)15(16)14(13)22-24(20)23-17/h9,11,13-15H,6-8H2,1-5H3/t11-,13+,14+,15+,16-,17-,24?/m0/s1. The maximum atomic E-state index is 12.8. The number of carbonyl (C=O) groups excluding carboxylic acids is 2. The highest BCUT2D eigenvalue weighted by atomic mass is 32.2. The summed E-state index contributed by atoms with van der Waals surface area (Å²) >= 11 is -1.86. The number of carbonyl (C=O) groups is 2. The Labute approximate surface area is 145 Å². The normalized spacial score (nSPS) is 48.1. The summed E-state index contributed by atoms with van der Waals surface area (Å²) in [6.07, 6.45) is 0.532. The van der Waals surface area contributed by atoms with Crippen molar-refractivity contribution in [2.75, 3.05) is 0 Å². The minimum atomic E-state index is -1.86. The van der Waals surface area contributed by atoms with Crippen LogP contribution in [0.2, 0.25) is 0 Å². The molecule has 6 nitrogen and oxygen atoms in total. The van der Waals surface area contributed by atoms with E-state index >= 15 is 0 Å². The first-order valence-electron chi connectivity index (χ1n) is 8.57. The summed E-state index contributed by atoms with van der Waals surface area (Å²) in [5.74, 6) is -0.380. The molecule has 0 spiro atoms. The quantitative estimate of drug-likeness (QED) is 0.705. The molecule has 2 aliphatic carbocycles. The van der Waals surface area contributed by atoms with Crippen LogP contribution in [0.1, 0.15) is 53.9 Å². The van der Waals surface area contributed by atoms with Crippen LogP contribution >= 0.6 is 0 Å².